The lowest BCUT2D eigenvalue weighted by molar-refractivity contribution is -0.109. The molecule has 2 aromatic carbocycles. The lowest BCUT2D eigenvalue weighted by Gasteiger charge is -2.17. The Kier molecular flexibility index (Phi) is 7.70. The molecule has 0 N–H and O–H groups in total. The van der Waals surface area contributed by atoms with Crippen molar-refractivity contribution >= 4 is 22.7 Å². The van der Waals surface area contributed by atoms with Crippen LogP contribution in [0.4, 0.5) is 0 Å². The molecule has 0 atom stereocenters. The van der Waals surface area contributed by atoms with Crippen molar-refractivity contribution in [2.24, 2.45) is 0 Å². The molecule has 0 bridgehead atoms. The second-order valence-electron chi connectivity index (χ2n) is 5.80. The van der Waals surface area contributed by atoms with Gasteiger partial charge in [-0.25, -0.2) is 0 Å². The Morgan fingerprint density at radius 3 is 2.36 bits per heavy atom. The lowest BCUT2D eigenvalue weighted by atomic mass is 10.1. The molecule has 132 valence electrons. The Morgan fingerprint density at radius 2 is 1.72 bits per heavy atom. The number of likely N-dealkylation sites (N-methyl/N-ethyl adjacent to an activating group) is 1. The number of ketones is 1. The van der Waals surface area contributed by atoms with Gasteiger partial charge in [0, 0.05) is 25.6 Å². The molecule has 0 fully saturated rings. The van der Waals surface area contributed by atoms with E-state index in [1.165, 1.54) is 12.5 Å². The van der Waals surface area contributed by atoms with Crippen molar-refractivity contribution < 1.29 is 14.3 Å². The predicted molar refractivity (Wildman–Crippen MR) is 102 cm³/mol. The molecule has 0 saturated heterocycles. The van der Waals surface area contributed by atoms with Crippen molar-refractivity contribution in [1.29, 1.82) is 0 Å². The molecule has 0 aliphatic rings. The van der Waals surface area contributed by atoms with Crippen LogP contribution in [0.25, 0.3) is 0 Å². The van der Waals surface area contributed by atoms with E-state index in [0.717, 1.165) is 30.6 Å². The maximum atomic E-state index is 11.9. The molecule has 0 spiro atoms. The third kappa shape index (κ3) is 7.11. The molecule has 2 aromatic rings. The number of hydrogen-bond donors (Lipinski definition) is 0. The van der Waals surface area contributed by atoms with E-state index in [1.54, 1.807) is 24.3 Å². The molecule has 0 aliphatic heterocycles. The van der Waals surface area contributed by atoms with Crippen LogP contribution in [0.3, 0.4) is 0 Å². The van der Waals surface area contributed by atoms with E-state index in [-0.39, 0.29) is 16.7 Å². The van der Waals surface area contributed by atoms with Gasteiger partial charge in [-0.3, -0.25) is 14.5 Å². The highest BCUT2D eigenvalue weighted by Gasteiger charge is 2.08. The topological polar surface area (TPSA) is 46.6 Å². The first-order valence-electron chi connectivity index (χ1n) is 8.16. The molecule has 0 unspecified atom stereocenters. The zero-order valence-corrected chi connectivity index (χ0v) is 15.4. The van der Waals surface area contributed by atoms with E-state index in [0.29, 0.717) is 12.2 Å². The number of carbonyl (C=O) groups excluding carboxylic acids is 2. The summed E-state index contributed by atoms with van der Waals surface area (Å²) < 4.78 is 5.74. The second-order valence-corrected chi connectivity index (χ2v) is 6.95. The van der Waals surface area contributed by atoms with Gasteiger partial charge in [0.15, 0.2) is 10.9 Å². The van der Waals surface area contributed by atoms with Gasteiger partial charge >= 0.3 is 0 Å². The average molecular weight is 357 g/mol. The van der Waals surface area contributed by atoms with Gasteiger partial charge in [0.2, 0.25) is 0 Å². The molecule has 0 aromatic heterocycles. The third-order valence-corrected chi connectivity index (χ3v) is 4.43. The Bertz CT molecular complexity index is 686. The zero-order chi connectivity index (χ0) is 18.1. The highest BCUT2D eigenvalue weighted by atomic mass is 32.2. The van der Waals surface area contributed by atoms with Crippen molar-refractivity contribution in [3.63, 3.8) is 0 Å². The Labute approximate surface area is 153 Å². The summed E-state index contributed by atoms with van der Waals surface area (Å²) in [6, 6.07) is 17.4. The number of nitrogens with zero attached hydrogens (tertiary/aromatic N) is 1. The molecule has 0 aliphatic carbocycles. The normalized spacial score (nSPS) is 10.7. The SMILES string of the molecule is CC(=O)SCC(=O)c1ccc(OCCN(C)Cc2ccccc2)cc1. The molecule has 0 saturated carbocycles. The first-order valence-corrected chi connectivity index (χ1v) is 9.15. The molecule has 25 heavy (non-hydrogen) atoms. The van der Waals surface area contributed by atoms with E-state index >= 15 is 0 Å². The van der Waals surface area contributed by atoms with Crippen LogP contribution < -0.4 is 4.74 Å². The van der Waals surface area contributed by atoms with E-state index in [9.17, 15) is 9.59 Å². The highest BCUT2D eigenvalue weighted by molar-refractivity contribution is 8.14. The number of Topliss-reactive ketones (excluding diaryl/α,β-unsaturated/α-hetero) is 1. The fourth-order valence-electron chi connectivity index (χ4n) is 2.28. The number of ether oxygens (including phenoxy) is 1. The van der Waals surface area contributed by atoms with Crippen LogP contribution in [0.1, 0.15) is 22.8 Å². The molecule has 0 radical (unpaired) electrons. The fourth-order valence-corrected chi connectivity index (χ4v) is 2.78. The van der Waals surface area contributed by atoms with Gasteiger partial charge < -0.3 is 4.74 Å². The minimum absolute atomic E-state index is 0.0469. The summed E-state index contributed by atoms with van der Waals surface area (Å²) in [5.74, 6) is 0.873. The van der Waals surface area contributed by atoms with Gasteiger partial charge in [-0.05, 0) is 36.9 Å². The quantitative estimate of drug-likeness (QED) is 0.641. The number of rotatable bonds is 9. The molecular weight excluding hydrogens is 334 g/mol. The maximum absolute atomic E-state index is 11.9. The van der Waals surface area contributed by atoms with Gasteiger partial charge in [0.05, 0.1) is 5.75 Å². The summed E-state index contributed by atoms with van der Waals surface area (Å²) in [5.41, 5.74) is 1.87. The summed E-state index contributed by atoms with van der Waals surface area (Å²) in [5, 5.41) is -0.0482. The Balaban J connectivity index is 1.74. The predicted octanol–water partition coefficient (Wildman–Crippen LogP) is 3.66. The molecule has 0 heterocycles. The van der Waals surface area contributed by atoms with Crippen LogP contribution in [-0.4, -0.2) is 41.8 Å². The number of thioether (sulfide) groups is 1. The van der Waals surface area contributed by atoms with Crippen molar-refractivity contribution in [3.05, 3.63) is 65.7 Å². The summed E-state index contributed by atoms with van der Waals surface area (Å²) in [4.78, 5) is 25.0. The fraction of sp³-hybridized carbons (Fsp3) is 0.300. The van der Waals surface area contributed by atoms with Crippen LogP contribution in [0.2, 0.25) is 0 Å². The number of carbonyl (C=O) groups is 2. The van der Waals surface area contributed by atoms with Gasteiger partial charge in [0.1, 0.15) is 12.4 Å². The van der Waals surface area contributed by atoms with Gasteiger partial charge in [0.25, 0.3) is 0 Å². The van der Waals surface area contributed by atoms with E-state index in [2.05, 4.69) is 24.1 Å². The van der Waals surface area contributed by atoms with Crippen molar-refractivity contribution in [2.45, 2.75) is 13.5 Å². The van der Waals surface area contributed by atoms with E-state index in [1.807, 2.05) is 18.2 Å². The van der Waals surface area contributed by atoms with Gasteiger partial charge in [-0.1, -0.05) is 42.1 Å². The number of benzene rings is 2. The average Bonchev–Trinajstić information content (AvgIpc) is 2.61. The van der Waals surface area contributed by atoms with Crippen molar-refractivity contribution in [1.82, 2.24) is 4.90 Å². The van der Waals surface area contributed by atoms with Crippen LogP contribution in [0.5, 0.6) is 5.75 Å². The minimum atomic E-state index is -0.0482. The minimum Gasteiger partial charge on any atom is -0.492 e. The maximum Gasteiger partial charge on any atom is 0.186 e. The first-order chi connectivity index (χ1) is 12.0. The van der Waals surface area contributed by atoms with Crippen LogP contribution in [0.15, 0.2) is 54.6 Å². The third-order valence-electron chi connectivity index (χ3n) is 3.62. The summed E-state index contributed by atoms with van der Waals surface area (Å²) in [7, 11) is 2.06. The van der Waals surface area contributed by atoms with Crippen LogP contribution >= 0.6 is 11.8 Å². The van der Waals surface area contributed by atoms with E-state index < -0.39 is 0 Å². The lowest BCUT2D eigenvalue weighted by Crippen LogP contribution is -2.23. The van der Waals surface area contributed by atoms with E-state index in [4.69, 9.17) is 4.74 Å². The van der Waals surface area contributed by atoms with Crippen LogP contribution in [-0.2, 0) is 11.3 Å². The summed E-state index contributed by atoms with van der Waals surface area (Å²) in [6.07, 6.45) is 0. The Morgan fingerprint density at radius 1 is 1.04 bits per heavy atom. The number of hydrogen-bond acceptors (Lipinski definition) is 5. The second kappa shape index (κ2) is 10.0. The summed E-state index contributed by atoms with van der Waals surface area (Å²) in [6.45, 7) is 3.73. The molecule has 2 rings (SSSR count). The molecule has 4 nitrogen and oxygen atoms in total. The van der Waals surface area contributed by atoms with Crippen molar-refractivity contribution in [2.75, 3.05) is 26.0 Å². The highest BCUT2D eigenvalue weighted by Crippen LogP contribution is 2.14. The molecule has 5 heteroatoms. The van der Waals surface area contributed by atoms with Crippen molar-refractivity contribution in [3.8, 4) is 5.75 Å². The molecular formula is C20H23NO3S. The van der Waals surface area contributed by atoms with Crippen LogP contribution in [0, 0.1) is 0 Å². The smallest absolute Gasteiger partial charge is 0.186 e. The summed E-state index contributed by atoms with van der Waals surface area (Å²) >= 11 is 1.03. The molecule has 0 amide bonds. The van der Waals surface area contributed by atoms with Gasteiger partial charge in [-0.15, -0.1) is 0 Å². The monoisotopic (exact) mass is 357 g/mol. The standard InChI is InChI=1S/C20H23NO3S/c1-16(22)25-15-20(23)18-8-10-19(11-9-18)24-13-12-21(2)14-17-6-4-3-5-7-17/h3-11H,12-15H2,1-2H3. The first kappa shape index (κ1) is 19.2. The van der Waals surface area contributed by atoms with Gasteiger partial charge in [-0.2, -0.15) is 0 Å². The zero-order valence-electron chi connectivity index (χ0n) is 14.6. The largest absolute Gasteiger partial charge is 0.492 e. The Hall–Kier alpha value is -2.11.